The van der Waals surface area contributed by atoms with E-state index >= 15 is 0 Å². The fourth-order valence-electron chi connectivity index (χ4n) is 3.78. The first-order valence-electron chi connectivity index (χ1n) is 7.81. The first kappa shape index (κ1) is 21.9. The molecule has 0 atom stereocenters. The maximum atomic E-state index is 5.22. The standard InChI is InChI=1S/C5H5.C4H4N.C4H9.4CH3.CH2.2ClH.Ti/c2*1-2-4-5-3-1;1-4(2)3;;;;;;;;/h1-3H,4H2;1-3,5H;1-3H3;4*1H3;1H2;2*1H;. The van der Waals surface area contributed by atoms with Gasteiger partial charge in [-0.05, 0) is 0 Å². The topological polar surface area (TPSA) is 15.8 Å². The summed E-state index contributed by atoms with van der Waals surface area (Å²) in [7, 11) is -4.94. The van der Waals surface area contributed by atoms with Crippen LogP contribution < -0.4 is 4.00 Å². The molecule has 1 aromatic heterocycles. The molecule has 0 spiro atoms. The summed E-state index contributed by atoms with van der Waals surface area (Å²) in [5.74, 6) is 0. The first-order valence-corrected chi connectivity index (χ1v) is 17.5. The molecular formula is C18H34Cl2NTi. The van der Waals surface area contributed by atoms with Crippen molar-refractivity contribution in [3.63, 3.8) is 0 Å². The Hall–Kier alpha value is -0.0757. The summed E-state index contributed by atoms with van der Waals surface area (Å²) in [6.07, 6.45) is 9.81. The average Bonchev–Trinajstić information content (AvgIpc) is 2.90. The Balaban J connectivity index is 0.00000220. The molecule has 0 saturated heterocycles. The Morgan fingerprint density at radius 1 is 1.09 bits per heavy atom. The average molecular weight is 383 g/mol. The molecule has 129 valence electrons. The van der Waals surface area contributed by atoms with E-state index in [2.05, 4.69) is 77.0 Å². The Morgan fingerprint density at radius 2 is 1.64 bits per heavy atom. The molecule has 0 aliphatic heterocycles. The van der Waals surface area contributed by atoms with Gasteiger partial charge < -0.3 is 0 Å². The third-order valence-electron chi connectivity index (χ3n) is 9.02. The molecule has 1 aromatic rings. The van der Waals surface area contributed by atoms with Gasteiger partial charge in [-0.1, -0.05) is 0 Å². The molecule has 1 nitrogen and oxygen atoms in total. The van der Waals surface area contributed by atoms with Crippen LogP contribution in [0, 0.1) is 0 Å². The molecule has 1 aliphatic carbocycles. The van der Waals surface area contributed by atoms with Crippen molar-refractivity contribution in [3.8, 4) is 0 Å². The van der Waals surface area contributed by atoms with Crippen molar-refractivity contribution in [2.75, 3.05) is 0 Å². The Morgan fingerprint density at radius 3 is 1.95 bits per heavy atom. The molecule has 1 heterocycles. The van der Waals surface area contributed by atoms with Crippen molar-refractivity contribution >= 4 is 33.6 Å². The van der Waals surface area contributed by atoms with Crippen LogP contribution in [0.3, 0.4) is 0 Å². The van der Waals surface area contributed by atoms with E-state index < -0.39 is 11.0 Å². The Kier molecular flexibility index (Phi) is 3.60. The number of hydrogen-bond acceptors (Lipinski definition) is 0. The van der Waals surface area contributed by atoms with Crippen LogP contribution in [-0.2, 0) is 11.0 Å². The normalized spacial score (nSPS) is 22.0. The fourth-order valence-corrected chi connectivity index (χ4v) is 13.8. The predicted molar refractivity (Wildman–Crippen MR) is 107 cm³/mol. The van der Waals surface area contributed by atoms with Crippen molar-refractivity contribution < 1.29 is 11.0 Å². The zero-order chi connectivity index (χ0) is 15.7. The van der Waals surface area contributed by atoms with Crippen molar-refractivity contribution in [1.82, 2.24) is 4.98 Å². The number of nitrogens with one attached hydrogen (secondary N) is 1. The third-order valence-corrected chi connectivity index (χ3v) is 34.0. The van der Waals surface area contributed by atoms with Gasteiger partial charge in [-0.3, -0.25) is 0 Å². The predicted octanol–water partition coefficient (Wildman–Crippen LogP) is 6.47. The van der Waals surface area contributed by atoms with Gasteiger partial charge in [0.15, 0.2) is 0 Å². The first-order chi connectivity index (χ1) is 8.49. The number of aromatic nitrogens is 1. The number of hydrogen-bond donors (Lipinski definition) is 1. The van der Waals surface area contributed by atoms with E-state index in [1.807, 2.05) is 6.20 Å². The maximum absolute atomic E-state index is 5.22. The summed E-state index contributed by atoms with van der Waals surface area (Å²) >= 11 is 0. The monoisotopic (exact) mass is 382 g/mol. The van der Waals surface area contributed by atoms with Gasteiger partial charge in [-0.2, -0.15) is 0 Å². The molecule has 0 bridgehead atoms. The van der Waals surface area contributed by atoms with Gasteiger partial charge in [0.25, 0.3) is 0 Å². The minimum absolute atomic E-state index is 0. The van der Waals surface area contributed by atoms with Crippen LogP contribution in [-0.4, -0.2) is 9.80 Å². The van der Waals surface area contributed by atoms with Crippen LogP contribution in [0.1, 0.15) is 27.2 Å². The number of allylic oxidation sites excluding steroid dienone is 4. The van der Waals surface area contributed by atoms with Crippen LogP contribution in [0.25, 0.3) is 0 Å². The SMILES string of the molecule is Cl.Cl.[CH2]=[Ti]([CH3])([CH3])([CH3])([CH3])([C]1=CC=CC1)([c]1ccc[nH]1)[C](C)(C)C. The van der Waals surface area contributed by atoms with Gasteiger partial charge in [0.2, 0.25) is 0 Å². The van der Waals surface area contributed by atoms with Gasteiger partial charge in [0, 0.05) is 0 Å². The van der Waals surface area contributed by atoms with E-state index in [9.17, 15) is 0 Å². The summed E-state index contributed by atoms with van der Waals surface area (Å²) in [5.41, 5.74) is 0. The van der Waals surface area contributed by atoms with Crippen LogP contribution in [0.15, 0.2) is 40.4 Å². The molecule has 1 aliphatic rings. The second-order valence-corrected chi connectivity index (χ2v) is 43.1. The number of rotatable bonds is 2. The molecule has 2 rings (SSSR count). The summed E-state index contributed by atoms with van der Waals surface area (Å²) in [6, 6.07) is 4.36. The van der Waals surface area contributed by atoms with Crippen molar-refractivity contribution in [2.45, 2.75) is 51.8 Å². The summed E-state index contributed by atoms with van der Waals surface area (Å²) < 4.78 is 2.81. The molecule has 0 unspecified atom stereocenters. The second kappa shape index (κ2) is 3.62. The van der Waals surface area contributed by atoms with Crippen molar-refractivity contribution in [1.29, 1.82) is 0 Å². The number of aromatic amines is 1. The molecule has 0 saturated carbocycles. The Labute approximate surface area is 141 Å². The van der Waals surface area contributed by atoms with Gasteiger partial charge in [0.05, 0.1) is 0 Å². The van der Waals surface area contributed by atoms with Crippen molar-refractivity contribution in [3.05, 3.63) is 40.4 Å². The number of halogens is 2. The third kappa shape index (κ3) is 1.80. The quantitative estimate of drug-likeness (QED) is 0.564. The summed E-state index contributed by atoms with van der Waals surface area (Å²) in [4.78, 5) is 8.79. The zero-order valence-electron chi connectivity index (χ0n) is 15.2. The summed E-state index contributed by atoms with van der Waals surface area (Å²) in [6.45, 7) is 7.08. The molecule has 22 heavy (non-hydrogen) atoms. The molecule has 0 amide bonds. The minimum atomic E-state index is -4.94. The van der Waals surface area contributed by atoms with Gasteiger partial charge in [0.1, 0.15) is 0 Å². The van der Waals surface area contributed by atoms with Crippen molar-refractivity contribution in [2.24, 2.45) is 0 Å². The molecule has 0 radical (unpaired) electrons. The van der Waals surface area contributed by atoms with E-state index in [1.54, 1.807) is 0 Å². The molecule has 1 N–H and O–H groups in total. The van der Waals surface area contributed by atoms with E-state index in [-0.39, 0.29) is 28.5 Å². The van der Waals surface area contributed by atoms with Gasteiger partial charge in [-0.25, -0.2) is 0 Å². The van der Waals surface area contributed by atoms with Gasteiger partial charge >= 0.3 is 117 Å². The van der Waals surface area contributed by atoms with E-state index in [4.69, 9.17) is 4.82 Å². The second-order valence-electron chi connectivity index (χ2n) is 13.0. The number of H-pyrrole nitrogens is 1. The van der Waals surface area contributed by atoms with E-state index in [0.29, 0.717) is 0 Å². The van der Waals surface area contributed by atoms with E-state index in [0.717, 1.165) is 6.42 Å². The Bertz CT molecular complexity index is 797. The van der Waals surface area contributed by atoms with Crippen LogP contribution in [0.2, 0.25) is 24.6 Å². The molecule has 4 heteroatoms. The van der Waals surface area contributed by atoms with Crippen LogP contribution >= 0.6 is 24.8 Å². The van der Waals surface area contributed by atoms with Gasteiger partial charge in [-0.15, -0.1) is 24.8 Å². The molecular weight excluding hydrogens is 349 g/mol. The van der Waals surface area contributed by atoms with Crippen LogP contribution in [0.5, 0.6) is 0 Å². The van der Waals surface area contributed by atoms with E-state index in [1.165, 1.54) is 7.88 Å². The fraction of sp³-hybridized carbons (Fsp3) is 0.500. The molecule has 0 fully saturated rings. The zero-order valence-corrected chi connectivity index (χ0v) is 18.4. The molecule has 0 aromatic carbocycles. The summed E-state index contributed by atoms with van der Waals surface area (Å²) in [5, 5.41) is 9.94. The van der Waals surface area contributed by atoms with Crippen LogP contribution in [0.4, 0.5) is 0 Å².